The lowest BCUT2D eigenvalue weighted by molar-refractivity contribution is 0.271. The monoisotopic (exact) mass is 378 g/mol. The number of anilines is 1. The number of phenols is 1. The molecule has 0 saturated heterocycles. The Balaban J connectivity index is 2.34. The molecule has 1 aromatic carbocycles. The molecule has 0 spiro atoms. The van der Waals surface area contributed by atoms with Gasteiger partial charge < -0.3 is 14.9 Å². The van der Waals surface area contributed by atoms with Crippen LogP contribution in [0, 0.1) is 20.8 Å². The quantitative estimate of drug-likeness (QED) is 0.617. The van der Waals surface area contributed by atoms with Gasteiger partial charge in [0.1, 0.15) is 23.1 Å². The molecule has 2 unspecified atom stereocenters. The van der Waals surface area contributed by atoms with Gasteiger partial charge in [0, 0.05) is 6.20 Å². The van der Waals surface area contributed by atoms with E-state index in [-0.39, 0.29) is 12.4 Å². The van der Waals surface area contributed by atoms with Gasteiger partial charge in [0.2, 0.25) is 0 Å². The standard InChI is InChI=1S/C19H27N2O4P/c1-6-17(21-19-13(3)9-8-10-20-19)26(23,24-7-2)25-16-11-14(4)18(22)15(5)12-16/h8-12,17,22H,6-7H2,1-5H3,(H,20,21). The van der Waals surface area contributed by atoms with Crippen LogP contribution in [0.2, 0.25) is 0 Å². The Bertz CT molecular complexity index is 787. The summed E-state index contributed by atoms with van der Waals surface area (Å²) in [5, 5.41) is 13.1. The lowest BCUT2D eigenvalue weighted by atomic mass is 10.1. The number of nitrogens with zero attached hydrogens (tertiary/aromatic N) is 1. The first kappa shape index (κ1) is 20.3. The van der Waals surface area contributed by atoms with Crippen molar-refractivity contribution in [3.05, 3.63) is 47.2 Å². The Hall–Kier alpha value is -2.04. The Morgan fingerprint density at radius 3 is 2.38 bits per heavy atom. The van der Waals surface area contributed by atoms with E-state index in [2.05, 4.69) is 10.3 Å². The highest BCUT2D eigenvalue weighted by Gasteiger charge is 2.37. The summed E-state index contributed by atoms with van der Waals surface area (Å²) in [4.78, 5) is 4.31. The number of benzene rings is 1. The van der Waals surface area contributed by atoms with Crippen molar-refractivity contribution >= 4 is 13.4 Å². The number of aryl methyl sites for hydroxylation is 3. The maximum atomic E-state index is 13.5. The van der Waals surface area contributed by atoms with Crippen LogP contribution < -0.4 is 9.84 Å². The van der Waals surface area contributed by atoms with Crippen LogP contribution in [0.1, 0.15) is 37.0 Å². The number of pyridine rings is 1. The summed E-state index contributed by atoms with van der Waals surface area (Å²) in [6.45, 7) is 9.43. The molecular formula is C19H27N2O4P. The largest absolute Gasteiger partial charge is 0.507 e. The molecule has 1 heterocycles. The molecule has 2 N–H and O–H groups in total. The van der Waals surface area contributed by atoms with Crippen LogP contribution in [0.15, 0.2) is 30.5 Å². The van der Waals surface area contributed by atoms with Crippen LogP contribution in [0.25, 0.3) is 0 Å². The third kappa shape index (κ3) is 4.57. The highest BCUT2D eigenvalue weighted by molar-refractivity contribution is 7.55. The molecule has 1 aromatic heterocycles. The molecule has 7 heteroatoms. The van der Waals surface area contributed by atoms with Crippen molar-refractivity contribution in [3.63, 3.8) is 0 Å². The summed E-state index contributed by atoms with van der Waals surface area (Å²) in [7, 11) is -3.52. The minimum Gasteiger partial charge on any atom is -0.507 e. The molecule has 0 fully saturated rings. The second kappa shape index (κ2) is 8.56. The summed E-state index contributed by atoms with van der Waals surface area (Å²) in [6.07, 6.45) is 2.21. The summed E-state index contributed by atoms with van der Waals surface area (Å²) in [5.74, 6) is 0.719. The molecule has 2 aromatic rings. The van der Waals surface area contributed by atoms with E-state index in [0.717, 1.165) is 5.56 Å². The van der Waals surface area contributed by atoms with Crippen molar-refractivity contribution in [2.24, 2.45) is 0 Å². The maximum Gasteiger partial charge on any atom is 0.401 e. The number of hydrogen-bond donors (Lipinski definition) is 2. The van der Waals surface area contributed by atoms with Gasteiger partial charge in [0.25, 0.3) is 0 Å². The average Bonchev–Trinajstić information content (AvgIpc) is 2.59. The van der Waals surface area contributed by atoms with Crippen LogP contribution in [0.3, 0.4) is 0 Å². The predicted molar refractivity (Wildman–Crippen MR) is 104 cm³/mol. The van der Waals surface area contributed by atoms with E-state index in [1.165, 1.54) is 0 Å². The van der Waals surface area contributed by atoms with Crippen molar-refractivity contribution in [3.8, 4) is 11.5 Å². The van der Waals surface area contributed by atoms with E-state index in [9.17, 15) is 9.67 Å². The van der Waals surface area contributed by atoms with E-state index in [0.29, 0.717) is 29.1 Å². The van der Waals surface area contributed by atoms with Crippen molar-refractivity contribution in [1.82, 2.24) is 4.98 Å². The summed E-state index contributed by atoms with van der Waals surface area (Å²) in [5.41, 5.74) is 2.26. The van der Waals surface area contributed by atoms with Gasteiger partial charge in [-0.2, -0.15) is 0 Å². The van der Waals surface area contributed by atoms with E-state index >= 15 is 0 Å². The first-order valence-corrected chi connectivity index (χ1v) is 10.3. The Kier molecular flexibility index (Phi) is 6.68. The zero-order chi connectivity index (χ0) is 19.3. The van der Waals surface area contributed by atoms with Crippen LogP contribution in [-0.4, -0.2) is 22.5 Å². The number of rotatable bonds is 8. The maximum absolute atomic E-state index is 13.5. The van der Waals surface area contributed by atoms with Crippen molar-refractivity contribution in [2.45, 2.75) is 46.8 Å². The Labute approximate surface area is 155 Å². The van der Waals surface area contributed by atoms with Gasteiger partial charge in [-0.15, -0.1) is 0 Å². The molecule has 0 radical (unpaired) electrons. The summed E-state index contributed by atoms with van der Waals surface area (Å²) >= 11 is 0. The SMILES string of the molecule is CCOP(=O)(Oc1cc(C)c(O)c(C)c1)C(CC)Nc1ncccc1C. The van der Waals surface area contributed by atoms with E-state index < -0.39 is 13.4 Å². The van der Waals surface area contributed by atoms with Gasteiger partial charge >= 0.3 is 7.60 Å². The van der Waals surface area contributed by atoms with Gasteiger partial charge in [-0.05, 0) is 69.0 Å². The molecule has 0 aliphatic rings. The molecule has 142 valence electrons. The second-order valence-corrected chi connectivity index (χ2v) is 8.34. The number of hydrogen-bond acceptors (Lipinski definition) is 6. The number of nitrogens with one attached hydrogen (secondary N) is 1. The first-order valence-electron chi connectivity index (χ1n) is 8.73. The highest BCUT2D eigenvalue weighted by atomic mass is 31.2. The molecule has 2 rings (SSSR count). The van der Waals surface area contributed by atoms with Gasteiger partial charge in [-0.1, -0.05) is 13.0 Å². The molecule has 2 atom stereocenters. The van der Waals surface area contributed by atoms with Crippen LogP contribution in [0.5, 0.6) is 11.5 Å². The van der Waals surface area contributed by atoms with Crippen molar-refractivity contribution in [1.29, 1.82) is 0 Å². The lowest BCUT2D eigenvalue weighted by Crippen LogP contribution is -2.24. The minimum atomic E-state index is -3.52. The lowest BCUT2D eigenvalue weighted by Gasteiger charge is -2.28. The average molecular weight is 378 g/mol. The molecule has 0 saturated carbocycles. The number of aromatic hydroxyl groups is 1. The summed E-state index contributed by atoms with van der Waals surface area (Å²) in [6, 6.07) is 7.10. The third-order valence-corrected chi connectivity index (χ3v) is 6.43. The van der Waals surface area contributed by atoms with Crippen LogP contribution >= 0.6 is 7.60 Å². The fourth-order valence-corrected chi connectivity index (χ4v) is 4.52. The smallest absolute Gasteiger partial charge is 0.401 e. The Morgan fingerprint density at radius 1 is 1.19 bits per heavy atom. The topological polar surface area (TPSA) is 80.7 Å². The van der Waals surface area contributed by atoms with Crippen molar-refractivity contribution in [2.75, 3.05) is 11.9 Å². The number of phenolic OH excluding ortho intramolecular Hbond substituents is 1. The molecule has 0 aliphatic heterocycles. The van der Waals surface area contributed by atoms with Gasteiger partial charge in [0.05, 0.1) is 6.61 Å². The fraction of sp³-hybridized carbons (Fsp3) is 0.421. The summed E-state index contributed by atoms with van der Waals surface area (Å²) < 4.78 is 25.0. The van der Waals surface area contributed by atoms with Gasteiger partial charge in [0.15, 0.2) is 0 Å². The first-order chi connectivity index (χ1) is 12.3. The predicted octanol–water partition coefficient (Wildman–Crippen LogP) is 5.17. The molecule has 0 amide bonds. The van der Waals surface area contributed by atoms with Crippen LogP contribution in [-0.2, 0) is 9.09 Å². The highest BCUT2D eigenvalue weighted by Crippen LogP contribution is 2.54. The van der Waals surface area contributed by atoms with E-state index in [4.69, 9.17) is 9.05 Å². The second-order valence-electron chi connectivity index (χ2n) is 6.19. The van der Waals surface area contributed by atoms with E-state index in [1.807, 2.05) is 26.0 Å². The fourth-order valence-electron chi connectivity index (χ4n) is 2.68. The number of aromatic nitrogens is 1. The van der Waals surface area contributed by atoms with Gasteiger partial charge in [-0.25, -0.2) is 9.55 Å². The third-order valence-electron chi connectivity index (χ3n) is 4.09. The molecule has 0 aliphatic carbocycles. The van der Waals surface area contributed by atoms with Crippen LogP contribution in [0.4, 0.5) is 5.82 Å². The molecule has 0 bridgehead atoms. The Morgan fingerprint density at radius 2 is 1.85 bits per heavy atom. The molecule has 6 nitrogen and oxygen atoms in total. The zero-order valence-electron chi connectivity index (χ0n) is 15.9. The zero-order valence-corrected chi connectivity index (χ0v) is 16.8. The van der Waals surface area contributed by atoms with Crippen molar-refractivity contribution < 1.29 is 18.7 Å². The molecular weight excluding hydrogens is 351 g/mol. The van der Waals surface area contributed by atoms with E-state index in [1.54, 1.807) is 39.1 Å². The minimum absolute atomic E-state index is 0.206. The van der Waals surface area contributed by atoms with Gasteiger partial charge in [-0.3, -0.25) is 4.52 Å². The normalized spacial score (nSPS) is 14.5. The molecule has 26 heavy (non-hydrogen) atoms.